The van der Waals surface area contributed by atoms with Gasteiger partial charge in [-0.15, -0.1) is 0 Å². The van der Waals surface area contributed by atoms with Crippen LogP contribution in [0.2, 0.25) is 0 Å². The molecule has 1 nitrogen and oxygen atoms in total. The summed E-state index contributed by atoms with van der Waals surface area (Å²) in [4.78, 5) is 0. The average molecular weight is 149 g/mol. The second kappa shape index (κ2) is 5.66. The van der Waals surface area contributed by atoms with Gasteiger partial charge < -0.3 is 5.41 Å². The monoisotopic (exact) mass is 149 g/mol. The second-order valence-corrected chi connectivity index (χ2v) is 2.27. The van der Waals surface area contributed by atoms with Crippen molar-refractivity contribution in [3.63, 3.8) is 0 Å². The molecule has 0 aliphatic heterocycles. The second-order valence-electron chi connectivity index (χ2n) is 2.27. The first-order chi connectivity index (χ1) is 5.26. The molecule has 0 heterocycles. The third kappa shape index (κ3) is 3.56. The summed E-state index contributed by atoms with van der Waals surface area (Å²) < 4.78 is 0. The fraction of sp³-hybridized carbons (Fsp3) is 0.300. The number of rotatable bonds is 5. The molecule has 0 spiro atoms. The number of hydrogen-bond donors (Lipinski definition) is 1. The zero-order valence-corrected chi connectivity index (χ0v) is 7.06. The summed E-state index contributed by atoms with van der Waals surface area (Å²) in [7, 11) is 0. The van der Waals surface area contributed by atoms with E-state index < -0.39 is 0 Å². The molecule has 0 radical (unpaired) electrons. The molecule has 11 heavy (non-hydrogen) atoms. The lowest BCUT2D eigenvalue weighted by molar-refractivity contribution is 0.956. The molecule has 0 atom stereocenters. The maximum absolute atomic E-state index is 7.42. The van der Waals surface area contributed by atoms with Crippen molar-refractivity contribution >= 4 is 5.71 Å². The van der Waals surface area contributed by atoms with Crippen LogP contribution in [0.1, 0.15) is 19.8 Å². The van der Waals surface area contributed by atoms with E-state index in [0.29, 0.717) is 5.71 Å². The Morgan fingerprint density at radius 1 is 1.36 bits per heavy atom. The molecule has 0 aromatic carbocycles. The van der Waals surface area contributed by atoms with Gasteiger partial charge in [-0.1, -0.05) is 38.7 Å². The van der Waals surface area contributed by atoms with Gasteiger partial charge in [0.25, 0.3) is 0 Å². The molecule has 1 heteroatoms. The Labute approximate surface area is 68.6 Å². The van der Waals surface area contributed by atoms with Crippen LogP contribution < -0.4 is 0 Å². The summed E-state index contributed by atoms with van der Waals surface area (Å²) >= 11 is 0. The molecular formula is C10H15N. The molecule has 0 amide bonds. The maximum atomic E-state index is 7.42. The summed E-state index contributed by atoms with van der Waals surface area (Å²) in [6.07, 6.45) is 7.33. The fourth-order valence-electron chi connectivity index (χ4n) is 0.721. The smallest absolute Gasteiger partial charge is 0.0602 e. The topological polar surface area (TPSA) is 23.9 Å². The van der Waals surface area contributed by atoms with Crippen molar-refractivity contribution in [2.45, 2.75) is 19.8 Å². The summed E-state index contributed by atoms with van der Waals surface area (Å²) in [6, 6.07) is 0. The summed E-state index contributed by atoms with van der Waals surface area (Å²) in [5.74, 6) is 0. The summed E-state index contributed by atoms with van der Waals surface area (Å²) in [6.45, 7) is 9.26. The third-order valence-corrected chi connectivity index (χ3v) is 1.39. The van der Waals surface area contributed by atoms with Gasteiger partial charge in [0.15, 0.2) is 0 Å². The van der Waals surface area contributed by atoms with Gasteiger partial charge in [0.2, 0.25) is 0 Å². The van der Waals surface area contributed by atoms with E-state index in [0.717, 1.165) is 18.4 Å². The quantitative estimate of drug-likeness (QED) is 0.459. The normalized spacial score (nSPS) is 10.8. The Morgan fingerprint density at radius 2 is 2.00 bits per heavy atom. The van der Waals surface area contributed by atoms with E-state index in [1.807, 2.05) is 6.08 Å². The minimum Gasteiger partial charge on any atom is -0.300 e. The van der Waals surface area contributed by atoms with E-state index in [2.05, 4.69) is 20.1 Å². The van der Waals surface area contributed by atoms with Crippen LogP contribution in [0.5, 0.6) is 0 Å². The number of hydrogen-bond acceptors (Lipinski definition) is 1. The van der Waals surface area contributed by atoms with Crippen LogP contribution in [0.25, 0.3) is 0 Å². The first-order valence-electron chi connectivity index (χ1n) is 3.80. The molecule has 60 valence electrons. The molecule has 0 bridgehead atoms. The Kier molecular flexibility index (Phi) is 5.09. The van der Waals surface area contributed by atoms with Crippen LogP contribution in [0.4, 0.5) is 0 Å². The lowest BCUT2D eigenvalue weighted by Gasteiger charge is -1.97. The van der Waals surface area contributed by atoms with E-state index in [4.69, 9.17) is 5.41 Å². The van der Waals surface area contributed by atoms with E-state index >= 15 is 0 Å². The van der Waals surface area contributed by atoms with Crippen molar-refractivity contribution in [1.82, 2.24) is 0 Å². The van der Waals surface area contributed by atoms with E-state index in [-0.39, 0.29) is 0 Å². The molecule has 0 saturated carbocycles. The molecule has 0 rings (SSSR count). The predicted molar refractivity (Wildman–Crippen MR) is 51.1 cm³/mol. The maximum Gasteiger partial charge on any atom is 0.0602 e. The number of nitrogens with one attached hydrogen (secondary N) is 1. The highest BCUT2D eigenvalue weighted by Crippen LogP contribution is 2.02. The molecule has 0 saturated heterocycles. The lowest BCUT2D eigenvalue weighted by Crippen LogP contribution is -1.92. The molecule has 0 aromatic rings. The zero-order chi connectivity index (χ0) is 8.69. The molecular weight excluding hydrogens is 134 g/mol. The van der Waals surface area contributed by atoms with Gasteiger partial charge >= 0.3 is 0 Å². The highest BCUT2D eigenvalue weighted by Gasteiger charge is 1.93. The van der Waals surface area contributed by atoms with Crippen LogP contribution >= 0.6 is 0 Å². The van der Waals surface area contributed by atoms with Crippen molar-refractivity contribution in [2.75, 3.05) is 0 Å². The summed E-state index contributed by atoms with van der Waals surface area (Å²) in [5, 5.41) is 7.42. The molecule has 0 aliphatic carbocycles. The average Bonchev–Trinajstić information content (AvgIpc) is 2.05. The SMILES string of the molecule is C=CC(=N)/C(C=C)=C\CCC. The van der Waals surface area contributed by atoms with Crippen LogP contribution in [0.15, 0.2) is 37.0 Å². The van der Waals surface area contributed by atoms with Gasteiger partial charge in [0.05, 0.1) is 5.71 Å². The van der Waals surface area contributed by atoms with Crippen molar-refractivity contribution in [3.05, 3.63) is 37.0 Å². The van der Waals surface area contributed by atoms with E-state index in [1.165, 1.54) is 6.08 Å². The minimum absolute atomic E-state index is 0.452. The lowest BCUT2D eigenvalue weighted by atomic mass is 10.1. The first-order valence-corrected chi connectivity index (χ1v) is 3.80. The van der Waals surface area contributed by atoms with Crippen LogP contribution in [0, 0.1) is 5.41 Å². The van der Waals surface area contributed by atoms with Gasteiger partial charge in [0, 0.05) is 0 Å². The first kappa shape index (κ1) is 9.89. The molecule has 0 aliphatic rings. The van der Waals surface area contributed by atoms with Crippen molar-refractivity contribution in [2.24, 2.45) is 0 Å². The number of unbranched alkanes of at least 4 members (excludes halogenated alkanes) is 1. The molecule has 0 unspecified atom stereocenters. The molecule has 1 N–H and O–H groups in total. The van der Waals surface area contributed by atoms with Gasteiger partial charge in [0.1, 0.15) is 0 Å². The highest BCUT2D eigenvalue weighted by atomic mass is 14.4. The van der Waals surface area contributed by atoms with Crippen LogP contribution in [-0.2, 0) is 0 Å². The van der Waals surface area contributed by atoms with Crippen LogP contribution in [-0.4, -0.2) is 5.71 Å². The molecule has 0 aromatic heterocycles. The predicted octanol–water partition coefficient (Wildman–Crippen LogP) is 3.10. The Bertz CT molecular complexity index is 187. The van der Waals surface area contributed by atoms with Crippen molar-refractivity contribution in [3.8, 4) is 0 Å². The van der Waals surface area contributed by atoms with Crippen LogP contribution in [0.3, 0.4) is 0 Å². The molecule has 0 fully saturated rings. The van der Waals surface area contributed by atoms with Gasteiger partial charge in [-0.05, 0) is 18.1 Å². The Hall–Kier alpha value is -1.11. The zero-order valence-electron chi connectivity index (χ0n) is 7.06. The van der Waals surface area contributed by atoms with Crippen molar-refractivity contribution in [1.29, 1.82) is 5.41 Å². The van der Waals surface area contributed by atoms with E-state index in [9.17, 15) is 0 Å². The van der Waals surface area contributed by atoms with Gasteiger partial charge in [-0.2, -0.15) is 0 Å². The fourth-order valence-corrected chi connectivity index (χ4v) is 0.721. The highest BCUT2D eigenvalue weighted by molar-refractivity contribution is 6.07. The standard InChI is InChI=1S/C10H15N/c1-4-7-8-9(5-2)10(11)6-3/h5-6,8,11H,2-4,7H2,1H3/b9-8-,11-10?. The third-order valence-electron chi connectivity index (χ3n) is 1.39. The number of allylic oxidation sites excluding steroid dienone is 4. The Morgan fingerprint density at radius 3 is 2.36 bits per heavy atom. The summed E-state index contributed by atoms with van der Waals surface area (Å²) in [5.41, 5.74) is 1.33. The van der Waals surface area contributed by atoms with Gasteiger partial charge in [-0.25, -0.2) is 0 Å². The van der Waals surface area contributed by atoms with Crippen molar-refractivity contribution < 1.29 is 0 Å². The largest absolute Gasteiger partial charge is 0.300 e. The van der Waals surface area contributed by atoms with E-state index in [1.54, 1.807) is 6.08 Å². The minimum atomic E-state index is 0.452. The Balaban J connectivity index is 4.25. The van der Waals surface area contributed by atoms with Gasteiger partial charge in [-0.3, -0.25) is 0 Å².